The summed E-state index contributed by atoms with van der Waals surface area (Å²) in [6.45, 7) is 4.99. The number of hydrogen-bond donors (Lipinski definition) is 3. The van der Waals surface area contributed by atoms with E-state index in [0.29, 0.717) is 19.7 Å². The molecule has 13 heteroatoms. The highest BCUT2D eigenvalue weighted by Crippen LogP contribution is 2.45. The summed E-state index contributed by atoms with van der Waals surface area (Å²) >= 11 is 0. The Morgan fingerprint density at radius 2 is 1.81 bits per heavy atom. The minimum absolute atomic E-state index is 0.0115. The van der Waals surface area contributed by atoms with Gasteiger partial charge in [-0.15, -0.1) is 0 Å². The molecule has 1 unspecified atom stereocenters. The Morgan fingerprint density at radius 1 is 1.10 bits per heavy atom. The maximum Gasteiger partial charge on any atom is 0.490 e. The molecule has 1 atom stereocenters. The molecule has 3 aromatic rings. The van der Waals surface area contributed by atoms with Gasteiger partial charge in [-0.3, -0.25) is 14.5 Å². The first-order chi connectivity index (χ1) is 19.9. The molecule has 5 rings (SSSR count). The molecule has 226 valence electrons. The maximum atomic E-state index is 13.3. The van der Waals surface area contributed by atoms with Crippen LogP contribution < -0.4 is 14.8 Å². The topological polar surface area (TPSA) is 124 Å². The van der Waals surface area contributed by atoms with E-state index in [1.807, 2.05) is 47.4 Å². The fraction of sp³-hybridized carbons (Fsp3) is 0.414. The predicted molar refractivity (Wildman–Crippen MR) is 147 cm³/mol. The molecule has 0 radical (unpaired) electrons. The number of nitrogens with zero attached hydrogens (tertiary/aromatic N) is 2. The molecule has 42 heavy (non-hydrogen) atoms. The van der Waals surface area contributed by atoms with Crippen LogP contribution in [0.2, 0.25) is 0 Å². The molecule has 3 heterocycles. The van der Waals surface area contributed by atoms with Gasteiger partial charge in [0.2, 0.25) is 11.8 Å². The van der Waals surface area contributed by atoms with E-state index in [1.54, 1.807) is 7.11 Å². The first kappa shape index (κ1) is 30.7. The van der Waals surface area contributed by atoms with Gasteiger partial charge >= 0.3 is 12.1 Å². The lowest BCUT2D eigenvalue weighted by atomic mass is 9.83. The highest BCUT2D eigenvalue weighted by molar-refractivity contribution is 5.89. The molecule has 2 amide bonds. The van der Waals surface area contributed by atoms with E-state index < -0.39 is 17.7 Å². The van der Waals surface area contributed by atoms with Gasteiger partial charge in [-0.25, -0.2) is 4.79 Å². The monoisotopic (exact) mass is 590 g/mol. The Bertz CT molecular complexity index is 1430. The third-order valence-corrected chi connectivity index (χ3v) is 7.46. The van der Waals surface area contributed by atoms with Crippen LogP contribution >= 0.6 is 0 Å². The summed E-state index contributed by atoms with van der Waals surface area (Å²) in [7, 11) is 1.68. The Morgan fingerprint density at radius 3 is 2.45 bits per heavy atom. The van der Waals surface area contributed by atoms with Crippen molar-refractivity contribution in [2.45, 2.75) is 31.5 Å². The number of methoxy groups -OCH3 is 1. The Kier molecular flexibility index (Phi) is 9.30. The molecule has 3 N–H and O–H groups in total. The number of ether oxygens (including phenoxy) is 2. The molecule has 0 aliphatic carbocycles. The number of aromatic amines is 1. The Hall–Kier alpha value is -4.26. The fourth-order valence-electron chi connectivity index (χ4n) is 5.54. The van der Waals surface area contributed by atoms with E-state index in [1.165, 1.54) is 12.5 Å². The van der Waals surface area contributed by atoms with Crippen LogP contribution in [0, 0.1) is 0 Å². The van der Waals surface area contributed by atoms with Crippen molar-refractivity contribution in [1.82, 2.24) is 20.1 Å². The predicted octanol–water partition coefficient (Wildman–Crippen LogP) is 3.31. The second-order valence-electron chi connectivity index (χ2n) is 10.1. The largest absolute Gasteiger partial charge is 0.497 e. The highest BCUT2D eigenvalue weighted by Gasteiger charge is 2.50. The van der Waals surface area contributed by atoms with Crippen LogP contribution in [0.15, 0.2) is 48.5 Å². The molecule has 0 bridgehead atoms. The first-order valence-electron chi connectivity index (χ1n) is 13.4. The van der Waals surface area contributed by atoms with E-state index in [2.05, 4.69) is 21.3 Å². The summed E-state index contributed by atoms with van der Waals surface area (Å²) in [6, 6.07) is 15.9. The molecule has 2 aliphatic heterocycles. The van der Waals surface area contributed by atoms with Crippen molar-refractivity contribution >= 4 is 28.7 Å². The number of carbonyl (C=O) groups excluding carboxylic acids is 2. The number of benzene rings is 2. The van der Waals surface area contributed by atoms with Gasteiger partial charge in [0, 0.05) is 49.7 Å². The van der Waals surface area contributed by atoms with Gasteiger partial charge in [0.15, 0.2) is 0 Å². The van der Waals surface area contributed by atoms with Crippen molar-refractivity contribution in [3.05, 3.63) is 59.8 Å². The van der Waals surface area contributed by atoms with Gasteiger partial charge < -0.3 is 29.8 Å². The van der Waals surface area contributed by atoms with Crippen molar-refractivity contribution in [2.75, 3.05) is 46.4 Å². The van der Waals surface area contributed by atoms with Crippen molar-refractivity contribution in [2.24, 2.45) is 0 Å². The number of hydrogen-bond acceptors (Lipinski definition) is 6. The van der Waals surface area contributed by atoms with E-state index >= 15 is 0 Å². The minimum Gasteiger partial charge on any atom is -0.497 e. The van der Waals surface area contributed by atoms with Gasteiger partial charge in [-0.1, -0.05) is 18.2 Å². The van der Waals surface area contributed by atoms with Gasteiger partial charge in [0.25, 0.3) is 0 Å². The summed E-state index contributed by atoms with van der Waals surface area (Å²) in [5.74, 6) is -1.33. The number of H-pyrrole nitrogens is 1. The third-order valence-electron chi connectivity index (χ3n) is 7.46. The SMILES string of the molecule is COc1ccc2[nH]c3c(c2c1)CCN(C(=O)CNC(C)=O)C31CCN(CCOc2ccccc2)C1.O=C(O)C(F)(F)F. The number of nitrogens with one attached hydrogen (secondary N) is 2. The van der Waals surface area contributed by atoms with Crippen molar-refractivity contribution < 1.29 is 42.1 Å². The molecule has 1 saturated heterocycles. The van der Waals surface area contributed by atoms with Crippen LogP contribution in [0.5, 0.6) is 11.5 Å². The molecular formula is C29H33F3N4O6. The van der Waals surface area contributed by atoms with Crippen molar-refractivity contribution in [3.63, 3.8) is 0 Å². The lowest BCUT2D eigenvalue weighted by molar-refractivity contribution is -0.192. The molecule has 2 aliphatic rings. The number of carbonyl (C=O) groups is 3. The third kappa shape index (κ3) is 6.78. The fourth-order valence-corrected chi connectivity index (χ4v) is 5.54. The molecule has 1 aromatic heterocycles. The number of alkyl halides is 3. The van der Waals surface area contributed by atoms with E-state index in [0.717, 1.165) is 54.0 Å². The lowest BCUT2D eigenvalue weighted by Crippen LogP contribution is -2.57. The molecule has 0 saturated carbocycles. The number of amides is 2. The van der Waals surface area contributed by atoms with E-state index in [4.69, 9.17) is 19.4 Å². The lowest BCUT2D eigenvalue weighted by Gasteiger charge is -2.45. The number of carboxylic acids is 1. The minimum atomic E-state index is -5.08. The molecule has 1 fully saturated rings. The van der Waals surface area contributed by atoms with Crippen molar-refractivity contribution in [3.8, 4) is 11.5 Å². The van der Waals surface area contributed by atoms with Crippen LogP contribution in [0.4, 0.5) is 13.2 Å². The highest BCUT2D eigenvalue weighted by atomic mass is 19.4. The molecule has 10 nitrogen and oxygen atoms in total. The second-order valence-corrected chi connectivity index (χ2v) is 10.1. The number of rotatable bonds is 7. The second kappa shape index (κ2) is 12.7. The van der Waals surface area contributed by atoms with Gasteiger partial charge in [0.05, 0.1) is 19.2 Å². The zero-order valence-electron chi connectivity index (χ0n) is 23.3. The summed E-state index contributed by atoms with van der Waals surface area (Å²) in [4.78, 5) is 41.7. The van der Waals surface area contributed by atoms with Crippen LogP contribution in [0.3, 0.4) is 0 Å². The van der Waals surface area contributed by atoms with Crippen molar-refractivity contribution in [1.29, 1.82) is 0 Å². The van der Waals surface area contributed by atoms with Gasteiger partial charge in [-0.2, -0.15) is 13.2 Å². The van der Waals surface area contributed by atoms with Crippen LogP contribution in [0.1, 0.15) is 24.6 Å². The number of fused-ring (bicyclic) bond motifs is 4. The maximum absolute atomic E-state index is 13.3. The number of likely N-dealkylation sites (tertiary alicyclic amines) is 1. The number of aromatic nitrogens is 1. The van der Waals surface area contributed by atoms with Crippen LogP contribution in [0.25, 0.3) is 10.9 Å². The normalized spacial score (nSPS) is 18.3. The zero-order chi connectivity index (χ0) is 30.5. The number of aliphatic carboxylic acids is 1. The summed E-state index contributed by atoms with van der Waals surface area (Å²) in [6.07, 6.45) is -3.51. The first-order valence-corrected chi connectivity index (χ1v) is 13.4. The summed E-state index contributed by atoms with van der Waals surface area (Å²) in [5.41, 5.74) is 2.94. The van der Waals surface area contributed by atoms with Gasteiger partial charge in [-0.05, 0) is 48.7 Å². The average Bonchev–Trinajstić information content (AvgIpc) is 3.55. The standard InChI is InChI=1S/C27H32N4O4.C2HF3O2/c1-19(32)28-17-25(33)31-12-10-22-23-16-21(34-2)8-9-24(23)29-26(22)27(31)11-13-30(18-27)14-15-35-20-6-4-3-5-7-20;3-2(4,5)1(6)7/h3-9,16,29H,10-15,17-18H2,1-2H3,(H,28,32);(H,6,7). The van der Waals surface area contributed by atoms with Crippen LogP contribution in [-0.2, 0) is 26.3 Å². The quantitative estimate of drug-likeness (QED) is 0.386. The molecular weight excluding hydrogens is 557 g/mol. The zero-order valence-corrected chi connectivity index (χ0v) is 23.3. The number of para-hydroxylation sites is 1. The molecule has 2 aromatic carbocycles. The smallest absolute Gasteiger partial charge is 0.490 e. The Balaban J connectivity index is 0.000000517. The number of carboxylic acid groups (broad SMARTS) is 1. The molecule has 1 spiro atoms. The van der Waals surface area contributed by atoms with E-state index in [-0.39, 0.29) is 18.4 Å². The Labute approximate surface area is 240 Å². The number of halogens is 3. The van der Waals surface area contributed by atoms with Crippen LogP contribution in [-0.4, -0.2) is 90.3 Å². The average molecular weight is 591 g/mol. The van der Waals surface area contributed by atoms with E-state index in [9.17, 15) is 22.8 Å². The van der Waals surface area contributed by atoms with Gasteiger partial charge in [0.1, 0.15) is 18.1 Å². The summed E-state index contributed by atoms with van der Waals surface area (Å²) in [5, 5.41) is 11.0. The summed E-state index contributed by atoms with van der Waals surface area (Å²) < 4.78 is 43.1.